The van der Waals surface area contributed by atoms with E-state index >= 15 is 0 Å². The third-order valence-corrected chi connectivity index (χ3v) is 3.40. The molecule has 0 saturated heterocycles. The molecule has 1 aliphatic carbocycles. The van der Waals surface area contributed by atoms with Gasteiger partial charge in [-0.2, -0.15) is 0 Å². The maximum atomic E-state index is 9.79. The summed E-state index contributed by atoms with van der Waals surface area (Å²) < 4.78 is 5.27. The van der Waals surface area contributed by atoms with Crippen molar-refractivity contribution >= 4 is 0 Å². The minimum absolute atomic E-state index is 0.151. The molecule has 1 aromatic heterocycles. The number of hydrogen-bond donors (Lipinski definition) is 1. The van der Waals surface area contributed by atoms with Crippen LogP contribution in [-0.4, -0.2) is 29.2 Å². The third kappa shape index (κ3) is 2.24. The fraction of sp³-hybridized carbons (Fsp3) is 0.667. The van der Waals surface area contributed by atoms with Crippen molar-refractivity contribution in [3.8, 4) is 0 Å². The van der Waals surface area contributed by atoms with Gasteiger partial charge >= 0.3 is 0 Å². The minimum Gasteiger partial charge on any atom is -0.469 e. The van der Waals surface area contributed by atoms with Crippen LogP contribution in [0, 0.1) is 6.92 Å². The quantitative estimate of drug-likeness (QED) is 0.826. The van der Waals surface area contributed by atoms with Gasteiger partial charge in [0.15, 0.2) is 0 Å². The Kier molecular flexibility index (Phi) is 3.12. The number of nitrogens with zero attached hydrogens (tertiary/aromatic N) is 1. The highest BCUT2D eigenvalue weighted by Gasteiger charge is 2.28. The number of rotatable bonds is 3. The van der Waals surface area contributed by atoms with Gasteiger partial charge in [0.05, 0.1) is 12.4 Å². The highest BCUT2D eigenvalue weighted by molar-refractivity contribution is 5.15. The summed E-state index contributed by atoms with van der Waals surface area (Å²) in [4.78, 5) is 2.23. The smallest absolute Gasteiger partial charge is 0.105 e. The van der Waals surface area contributed by atoms with Crippen molar-refractivity contribution in [1.29, 1.82) is 0 Å². The molecule has 2 unspecified atom stereocenters. The molecule has 0 bridgehead atoms. The third-order valence-electron chi connectivity index (χ3n) is 3.40. The fourth-order valence-electron chi connectivity index (χ4n) is 2.40. The second-order valence-electron chi connectivity index (χ2n) is 4.48. The van der Waals surface area contributed by atoms with Crippen molar-refractivity contribution < 1.29 is 9.52 Å². The molecule has 0 aliphatic heterocycles. The first-order chi connectivity index (χ1) is 7.18. The predicted octanol–water partition coefficient (Wildman–Crippen LogP) is 1.93. The van der Waals surface area contributed by atoms with Gasteiger partial charge in [-0.25, -0.2) is 0 Å². The lowest BCUT2D eigenvalue weighted by atomic mass is 10.1. The van der Waals surface area contributed by atoms with E-state index in [1.807, 2.05) is 13.0 Å². The molecular weight excluding hydrogens is 190 g/mol. The molecule has 2 atom stereocenters. The Hall–Kier alpha value is -0.800. The maximum absolute atomic E-state index is 9.79. The maximum Gasteiger partial charge on any atom is 0.105 e. The lowest BCUT2D eigenvalue weighted by Gasteiger charge is -2.26. The average Bonchev–Trinajstić information content (AvgIpc) is 2.76. The van der Waals surface area contributed by atoms with E-state index in [4.69, 9.17) is 4.42 Å². The summed E-state index contributed by atoms with van der Waals surface area (Å²) in [5.41, 5.74) is 1.22. The van der Waals surface area contributed by atoms with Gasteiger partial charge in [-0.15, -0.1) is 0 Å². The molecule has 3 nitrogen and oxygen atoms in total. The van der Waals surface area contributed by atoms with E-state index < -0.39 is 0 Å². The molecule has 84 valence electrons. The van der Waals surface area contributed by atoms with E-state index in [0.29, 0.717) is 6.04 Å². The summed E-state index contributed by atoms with van der Waals surface area (Å²) in [6, 6.07) is 2.33. The first-order valence-electron chi connectivity index (χ1n) is 5.60. The fourth-order valence-corrected chi connectivity index (χ4v) is 2.40. The van der Waals surface area contributed by atoms with Crippen LogP contribution in [0.2, 0.25) is 0 Å². The van der Waals surface area contributed by atoms with Gasteiger partial charge in [0.25, 0.3) is 0 Å². The van der Waals surface area contributed by atoms with Crippen molar-refractivity contribution in [1.82, 2.24) is 4.90 Å². The van der Waals surface area contributed by atoms with Crippen molar-refractivity contribution in [2.24, 2.45) is 0 Å². The van der Waals surface area contributed by atoms with Gasteiger partial charge in [-0.05, 0) is 39.3 Å². The Bertz CT molecular complexity index is 321. The second-order valence-corrected chi connectivity index (χ2v) is 4.48. The van der Waals surface area contributed by atoms with E-state index in [2.05, 4.69) is 11.9 Å². The van der Waals surface area contributed by atoms with Gasteiger partial charge in [0.2, 0.25) is 0 Å². The van der Waals surface area contributed by atoms with Crippen LogP contribution < -0.4 is 0 Å². The van der Waals surface area contributed by atoms with Crippen LogP contribution >= 0.6 is 0 Å². The summed E-state index contributed by atoms with van der Waals surface area (Å²) in [7, 11) is 2.08. The van der Waals surface area contributed by atoms with E-state index in [0.717, 1.165) is 31.6 Å². The molecule has 3 heteroatoms. The van der Waals surface area contributed by atoms with Crippen LogP contribution in [0.1, 0.15) is 30.6 Å². The van der Waals surface area contributed by atoms with Crippen LogP contribution in [0.3, 0.4) is 0 Å². The van der Waals surface area contributed by atoms with Gasteiger partial charge in [-0.3, -0.25) is 4.90 Å². The second kappa shape index (κ2) is 4.37. The molecule has 0 spiro atoms. The van der Waals surface area contributed by atoms with Crippen LogP contribution in [0.15, 0.2) is 16.7 Å². The van der Waals surface area contributed by atoms with Gasteiger partial charge < -0.3 is 9.52 Å². The Labute approximate surface area is 90.7 Å². The van der Waals surface area contributed by atoms with Crippen molar-refractivity contribution in [3.63, 3.8) is 0 Å². The van der Waals surface area contributed by atoms with Gasteiger partial charge in [0.1, 0.15) is 5.76 Å². The van der Waals surface area contributed by atoms with Crippen LogP contribution in [-0.2, 0) is 6.54 Å². The SMILES string of the molecule is Cc1occc1CN(C)C1CCCC1O. The Morgan fingerprint density at radius 3 is 2.87 bits per heavy atom. The first kappa shape index (κ1) is 10.7. The first-order valence-corrected chi connectivity index (χ1v) is 5.60. The number of aryl methyl sites for hydroxylation is 1. The zero-order valence-corrected chi connectivity index (χ0v) is 9.44. The lowest BCUT2D eigenvalue weighted by Crippen LogP contribution is -2.37. The number of hydrogen-bond acceptors (Lipinski definition) is 3. The molecule has 1 aromatic rings. The molecule has 2 rings (SSSR count). The number of aliphatic hydroxyl groups is 1. The topological polar surface area (TPSA) is 36.6 Å². The Morgan fingerprint density at radius 1 is 1.53 bits per heavy atom. The zero-order valence-electron chi connectivity index (χ0n) is 9.44. The number of furan rings is 1. The molecule has 1 heterocycles. The standard InChI is InChI=1S/C12H19NO2/c1-9-10(6-7-15-9)8-13(2)11-4-3-5-12(11)14/h6-7,11-12,14H,3-5,8H2,1-2H3. The minimum atomic E-state index is -0.151. The molecule has 0 amide bonds. The molecule has 0 aromatic carbocycles. The average molecular weight is 209 g/mol. The molecule has 1 aliphatic rings. The van der Waals surface area contributed by atoms with Crippen LogP contribution in [0.25, 0.3) is 0 Å². The van der Waals surface area contributed by atoms with Crippen molar-refractivity contribution in [3.05, 3.63) is 23.7 Å². The summed E-state index contributed by atoms with van der Waals surface area (Å²) in [6.07, 6.45) is 4.76. The molecular formula is C12H19NO2. The number of likely N-dealkylation sites (N-methyl/N-ethyl adjacent to an activating group) is 1. The molecule has 0 radical (unpaired) electrons. The van der Waals surface area contributed by atoms with E-state index in [9.17, 15) is 5.11 Å². The van der Waals surface area contributed by atoms with Crippen molar-refractivity contribution in [2.75, 3.05) is 7.05 Å². The summed E-state index contributed by atoms with van der Waals surface area (Å²) in [5, 5.41) is 9.79. The van der Waals surface area contributed by atoms with Gasteiger partial charge in [-0.1, -0.05) is 0 Å². The monoisotopic (exact) mass is 209 g/mol. The van der Waals surface area contributed by atoms with Gasteiger partial charge in [0, 0.05) is 18.2 Å². The Balaban J connectivity index is 1.97. The largest absolute Gasteiger partial charge is 0.469 e. The molecule has 1 fully saturated rings. The van der Waals surface area contributed by atoms with Crippen LogP contribution in [0.4, 0.5) is 0 Å². The van der Waals surface area contributed by atoms with Crippen LogP contribution in [0.5, 0.6) is 0 Å². The molecule has 15 heavy (non-hydrogen) atoms. The van der Waals surface area contributed by atoms with E-state index in [1.165, 1.54) is 5.56 Å². The zero-order chi connectivity index (χ0) is 10.8. The van der Waals surface area contributed by atoms with E-state index in [-0.39, 0.29) is 6.10 Å². The summed E-state index contributed by atoms with van der Waals surface area (Å²) in [5.74, 6) is 0.981. The van der Waals surface area contributed by atoms with Crippen molar-refractivity contribution in [2.45, 2.75) is 44.9 Å². The highest BCUT2D eigenvalue weighted by atomic mass is 16.3. The summed E-state index contributed by atoms with van der Waals surface area (Å²) >= 11 is 0. The Morgan fingerprint density at radius 2 is 2.33 bits per heavy atom. The summed E-state index contributed by atoms with van der Waals surface area (Å²) in [6.45, 7) is 2.85. The molecule has 1 N–H and O–H groups in total. The van der Waals surface area contributed by atoms with E-state index in [1.54, 1.807) is 6.26 Å². The lowest BCUT2D eigenvalue weighted by molar-refractivity contribution is 0.0822. The predicted molar refractivity (Wildman–Crippen MR) is 58.6 cm³/mol. The molecule has 1 saturated carbocycles. The number of aliphatic hydroxyl groups excluding tert-OH is 1. The normalized spacial score (nSPS) is 26.4. The highest BCUT2D eigenvalue weighted by Crippen LogP contribution is 2.25.